The largest absolute Gasteiger partial charge is 0.455 e. The quantitative estimate of drug-likeness (QED) is 0.834. The first-order valence-electron chi connectivity index (χ1n) is 7.29. The predicted molar refractivity (Wildman–Crippen MR) is 84.1 cm³/mol. The minimum atomic E-state index is -0.641. The lowest BCUT2D eigenvalue weighted by atomic mass is 10.1. The summed E-state index contributed by atoms with van der Waals surface area (Å²) in [5.41, 5.74) is 1.20. The van der Waals surface area contributed by atoms with Crippen LogP contribution in [-0.2, 0) is 20.7 Å². The number of hydrogen-bond acceptors (Lipinski definition) is 3. The van der Waals surface area contributed by atoms with Crippen molar-refractivity contribution in [3.63, 3.8) is 0 Å². The van der Waals surface area contributed by atoms with Crippen molar-refractivity contribution in [2.75, 3.05) is 6.61 Å². The molecule has 0 saturated carbocycles. The summed E-state index contributed by atoms with van der Waals surface area (Å²) in [6.45, 7) is 1.46. The van der Waals surface area contributed by atoms with E-state index in [1.807, 2.05) is 37.3 Å². The zero-order valence-corrected chi connectivity index (χ0v) is 12.8. The van der Waals surface area contributed by atoms with Crippen LogP contribution < -0.4 is 5.32 Å². The number of carbonyl (C=O) groups excluding carboxylic acids is 2. The average Bonchev–Trinajstić information content (AvgIpc) is 2.56. The maximum absolute atomic E-state index is 13.4. The third kappa shape index (κ3) is 5.21. The first-order chi connectivity index (χ1) is 11.1. The van der Waals surface area contributed by atoms with Crippen LogP contribution in [0.25, 0.3) is 0 Å². The Kier molecular flexibility index (Phi) is 5.86. The Morgan fingerprint density at radius 3 is 2.43 bits per heavy atom. The van der Waals surface area contributed by atoms with Gasteiger partial charge in [-0.25, -0.2) is 4.39 Å². The number of hydrogen-bond donors (Lipinski definition) is 1. The second-order valence-electron chi connectivity index (χ2n) is 5.13. The maximum Gasteiger partial charge on any atom is 0.310 e. The second kappa shape index (κ2) is 8.08. The van der Waals surface area contributed by atoms with Gasteiger partial charge in [-0.1, -0.05) is 48.5 Å². The number of amides is 1. The van der Waals surface area contributed by atoms with Crippen molar-refractivity contribution in [2.45, 2.75) is 19.4 Å². The van der Waals surface area contributed by atoms with Gasteiger partial charge in [0.15, 0.2) is 6.61 Å². The summed E-state index contributed by atoms with van der Waals surface area (Å²) in [5.74, 6) is -1.51. The number of carbonyl (C=O) groups is 2. The van der Waals surface area contributed by atoms with Gasteiger partial charge < -0.3 is 10.1 Å². The van der Waals surface area contributed by atoms with Crippen LogP contribution in [0.4, 0.5) is 4.39 Å². The van der Waals surface area contributed by atoms with Gasteiger partial charge >= 0.3 is 5.97 Å². The van der Waals surface area contributed by atoms with E-state index in [0.29, 0.717) is 0 Å². The maximum atomic E-state index is 13.4. The molecule has 23 heavy (non-hydrogen) atoms. The van der Waals surface area contributed by atoms with Crippen LogP contribution >= 0.6 is 0 Å². The number of nitrogens with one attached hydrogen (secondary N) is 1. The molecule has 0 heterocycles. The molecule has 1 amide bonds. The smallest absolute Gasteiger partial charge is 0.310 e. The van der Waals surface area contributed by atoms with Gasteiger partial charge in [0.1, 0.15) is 5.82 Å². The summed E-state index contributed by atoms with van der Waals surface area (Å²) < 4.78 is 18.3. The number of rotatable bonds is 6. The van der Waals surface area contributed by atoms with E-state index in [1.54, 1.807) is 12.1 Å². The lowest BCUT2D eigenvalue weighted by Crippen LogP contribution is -2.31. The first-order valence-corrected chi connectivity index (χ1v) is 7.29. The number of esters is 1. The van der Waals surface area contributed by atoms with Crippen LogP contribution in [0.15, 0.2) is 54.6 Å². The van der Waals surface area contributed by atoms with Gasteiger partial charge in [0.2, 0.25) is 0 Å². The highest BCUT2D eigenvalue weighted by molar-refractivity contribution is 5.81. The molecular weight excluding hydrogens is 297 g/mol. The summed E-state index contributed by atoms with van der Waals surface area (Å²) in [6.07, 6.45) is -0.200. The molecule has 0 aliphatic heterocycles. The van der Waals surface area contributed by atoms with Crippen molar-refractivity contribution in [2.24, 2.45) is 0 Å². The third-order valence-electron chi connectivity index (χ3n) is 3.33. The topological polar surface area (TPSA) is 55.4 Å². The van der Waals surface area contributed by atoms with E-state index in [1.165, 1.54) is 12.1 Å². The molecule has 0 aliphatic rings. The van der Waals surface area contributed by atoms with E-state index in [-0.39, 0.29) is 24.6 Å². The van der Waals surface area contributed by atoms with E-state index in [4.69, 9.17) is 4.74 Å². The molecule has 120 valence electrons. The molecule has 5 heteroatoms. The van der Waals surface area contributed by atoms with Crippen LogP contribution in [0.5, 0.6) is 0 Å². The van der Waals surface area contributed by atoms with Crippen molar-refractivity contribution in [3.05, 3.63) is 71.5 Å². The van der Waals surface area contributed by atoms with Gasteiger partial charge in [0.05, 0.1) is 12.5 Å². The van der Waals surface area contributed by atoms with Gasteiger partial charge in [-0.3, -0.25) is 9.59 Å². The van der Waals surface area contributed by atoms with Gasteiger partial charge in [-0.05, 0) is 24.1 Å². The summed E-state index contributed by atoms with van der Waals surface area (Å²) in [4.78, 5) is 23.4. The fourth-order valence-corrected chi connectivity index (χ4v) is 2.10. The lowest BCUT2D eigenvalue weighted by Gasteiger charge is -2.14. The number of halogens is 1. The predicted octanol–water partition coefficient (Wildman–Crippen LogP) is 2.79. The molecule has 1 N–H and O–H groups in total. The Bertz CT molecular complexity index is 673. The molecule has 0 radical (unpaired) electrons. The summed E-state index contributed by atoms with van der Waals surface area (Å²) >= 11 is 0. The molecule has 2 aromatic carbocycles. The highest BCUT2D eigenvalue weighted by atomic mass is 19.1. The molecule has 2 aromatic rings. The average molecular weight is 315 g/mol. The third-order valence-corrected chi connectivity index (χ3v) is 3.33. The highest BCUT2D eigenvalue weighted by Crippen LogP contribution is 2.11. The minimum Gasteiger partial charge on any atom is -0.455 e. The summed E-state index contributed by atoms with van der Waals surface area (Å²) in [5, 5.41) is 2.74. The Labute approximate surface area is 134 Å². The molecule has 4 nitrogen and oxygen atoms in total. The molecule has 0 aliphatic carbocycles. The summed E-state index contributed by atoms with van der Waals surface area (Å²) in [6, 6.07) is 15.2. The van der Waals surface area contributed by atoms with Crippen molar-refractivity contribution in [3.8, 4) is 0 Å². The molecule has 1 atom stereocenters. The SMILES string of the molecule is C[C@H](NC(=O)COC(=O)Cc1ccccc1F)c1ccccc1. The molecular formula is C18H18FNO3. The summed E-state index contributed by atoms with van der Waals surface area (Å²) in [7, 11) is 0. The Balaban J connectivity index is 1.78. The van der Waals surface area contributed by atoms with Gasteiger partial charge in [-0.2, -0.15) is 0 Å². The van der Waals surface area contributed by atoms with Crippen molar-refractivity contribution in [1.82, 2.24) is 5.32 Å². The van der Waals surface area contributed by atoms with Crippen LogP contribution in [0.2, 0.25) is 0 Å². The standard InChI is InChI=1S/C18H18FNO3/c1-13(14-7-3-2-4-8-14)20-17(21)12-23-18(22)11-15-9-5-6-10-16(15)19/h2-10,13H,11-12H2,1H3,(H,20,21)/t13-/m0/s1. The monoisotopic (exact) mass is 315 g/mol. The Hall–Kier alpha value is -2.69. The van der Waals surface area contributed by atoms with E-state index in [2.05, 4.69) is 5.32 Å². The van der Waals surface area contributed by atoms with Crippen molar-refractivity contribution in [1.29, 1.82) is 0 Å². The van der Waals surface area contributed by atoms with Crippen LogP contribution in [0.3, 0.4) is 0 Å². The zero-order chi connectivity index (χ0) is 16.7. The number of ether oxygens (including phenoxy) is 1. The minimum absolute atomic E-state index is 0.186. The van der Waals surface area contributed by atoms with Crippen LogP contribution in [0.1, 0.15) is 24.1 Å². The molecule has 0 saturated heterocycles. The van der Waals surface area contributed by atoms with Gasteiger partial charge in [-0.15, -0.1) is 0 Å². The van der Waals surface area contributed by atoms with Crippen molar-refractivity contribution < 1.29 is 18.7 Å². The highest BCUT2D eigenvalue weighted by Gasteiger charge is 2.13. The second-order valence-corrected chi connectivity index (χ2v) is 5.13. The molecule has 0 fully saturated rings. The molecule has 0 unspecified atom stereocenters. The van der Waals surface area contributed by atoms with Crippen LogP contribution in [-0.4, -0.2) is 18.5 Å². The molecule has 0 bridgehead atoms. The fourth-order valence-electron chi connectivity index (χ4n) is 2.10. The molecule has 0 spiro atoms. The Morgan fingerprint density at radius 2 is 1.74 bits per heavy atom. The van der Waals surface area contributed by atoms with Gasteiger partial charge in [0.25, 0.3) is 5.91 Å². The normalized spacial score (nSPS) is 11.6. The molecule has 0 aromatic heterocycles. The van der Waals surface area contributed by atoms with E-state index in [9.17, 15) is 14.0 Å². The lowest BCUT2D eigenvalue weighted by molar-refractivity contribution is -0.148. The Morgan fingerprint density at radius 1 is 1.09 bits per heavy atom. The number of benzene rings is 2. The first kappa shape index (κ1) is 16.7. The van der Waals surface area contributed by atoms with Crippen LogP contribution in [0, 0.1) is 5.82 Å². The fraction of sp³-hybridized carbons (Fsp3) is 0.222. The zero-order valence-electron chi connectivity index (χ0n) is 12.8. The molecule has 2 rings (SSSR count). The van der Waals surface area contributed by atoms with E-state index < -0.39 is 17.7 Å². The van der Waals surface area contributed by atoms with E-state index in [0.717, 1.165) is 5.56 Å². The van der Waals surface area contributed by atoms with Gasteiger partial charge in [0, 0.05) is 0 Å². The van der Waals surface area contributed by atoms with Crippen molar-refractivity contribution >= 4 is 11.9 Å². The van der Waals surface area contributed by atoms with E-state index >= 15 is 0 Å².